The van der Waals surface area contributed by atoms with Gasteiger partial charge in [-0.25, -0.2) is 4.79 Å². The summed E-state index contributed by atoms with van der Waals surface area (Å²) in [6.45, 7) is 13.4. The first-order valence-electron chi connectivity index (χ1n) is 14.5. The van der Waals surface area contributed by atoms with Crippen LogP contribution in [0.25, 0.3) is 0 Å². The van der Waals surface area contributed by atoms with Gasteiger partial charge < -0.3 is 34.3 Å². The van der Waals surface area contributed by atoms with Crippen LogP contribution in [0, 0.1) is 0 Å². The third-order valence-corrected chi connectivity index (χ3v) is 6.50. The lowest BCUT2D eigenvalue weighted by Crippen LogP contribution is -2.38. The van der Waals surface area contributed by atoms with Crippen LogP contribution in [-0.2, 0) is 27.4 Å². The van der Waals surface area contributed by atoms with Gasteiger partial charge in [0.05, 0.1) is 19.3 Å². The summed E-state index contributed by atoms with van der Waals surface area (Å²) >= 11 is 0. The molecule has 0 spiro atoms. The molecule has 1 unspecified atom stereocenters. The minimum absolute atomic E-state index is 0.323. The van der Waals surface area contributed by atoms with E-state index in [9.17, 15) is 9.90 Å². The largest absolute Gasteiger partial charge is 0.463 e. The standard InChI is InChI=1S/C32H48N2O6/c1-31(2,3)40-30(36)34(23-25-13-9-8-10-14-25)18-20-37-19-12-7-6-11-17-33-22-28(35)26-15-16-29-27(21-26)24-38-32(4,5)39-29/h8-10,13-16,21,28,33,35H,6-7,11-12,17-20,22-24H2,1-5H3. The summed E-state index contributed by atoms with van der Waals surface area (Å²) in [5.41, 5.74) is 2.35. The molecule has 3 rings (SSSR count). The van der Waals surface area contributed by atoms with Gasteiger partial charge >= 0.3 is 6.09 Å². The molecule has 8 nitrogen and oxygen atoms in total. The van der Waals surface area contributed by atoms with E-state index >= 15 is 0 Å². The molecule has 0 aromatic heterocycles. The van der Waals surface area contributed by atoms with Crippen molar-refractivity contribution >= 4 is 6.09 Å². The van der Waals surface area contributed by atoms with Crippen molar-refractivity contribution in [1.82, 2.24) is 10.2 Å². The highest BCUT2D eigenvalue weighted by molar-refractivity contribution is 5.68. The molecule has 0 saturated heterocycles. The Morgan fingerprint density at radius 2 is 1.82 bits per heavy atom. The molecule has 222 valence electrons. The van der Waals surface area contributed by atoms with Crippen LogP contribution in [0.5, 0.6) is 5.75 Å². The number of nitrogens with zero attached hydrogens (tertiary/aromatic N) is 1. The molecule has 40 heavy (non-hydrogen) atoms. The van der Waals surface area contributed by atoms with Gasteiger partial charge in [-0.2, -0.15) is 0 Å². The fourth-order valence-electron chi connectivity index (χ4n) is 4.37. The SMILES string of the molecule is CC(C)(C)OC(=O)N(CCOCCCCCCNCC(O)c1ccc2c(c1)COC(C)(C)O2)Cc1ccccc1. The van der Waals surface area contributed by atoms with Gasteiger partial charge in [-0.3, -0.25) is 0 Å². The van der Waals surface area contributed by atoms with Crippen molar-refractivity contribution < 1.29 is 28.8 Å². The number of aliphatic hydroxyl groups is 1. The summed E-state index contributed by atoms with van der Waals surface area (Å²) in [6, 6.07) is 15.7. The van der Waals surface area contributed by atoms with Gasteiger partial charge in [0, 0.05) is 45.7 Å². The van der Waals surface area contributed by atoms with Crippen molar-refractivity contribution in [3.63, 3.8) is 0 Å². The molecule has 1 aliphatic heterocycles. The van der Waals surface area contributed by atoms with Crippen LogP contribution < -0.4 is 10.1 Å². The minimum Gasteiger partial charge on any atom is -0.463 e. The Kier molecular flexibility index (Phi) is 12.3. The Labute approximate surface area is 240 Å². The summed E-state index contributed by atoms with van der Waals surface area (Å²) in [4.78, 5) is 14.4. The smallest absolute Gasteiger partial charge is 0.410 e. The third kappa shape index (κ3) is 11.5. The maximum absolute atomic E-state index is 12.7. The van der Waals surface area contributed by atoms with Crippen molar-refractivity contribution in [2.75, 3.05) is 32.8 Å². The molecule has 0 aliphatic carbocycles. The number of fused-ring (bicyclic) bond motifs is 1. The van der Waals surface area contributed by atoms with Gasteiger partial charge in [0.15, 0.2) is 0 Å². The molecular weight excluding hydrogens is 508 g/mol. The first kappa shape index (κ1) is 31.9. The molecule has 2 aromatic rings. The van der Waals surface area contributed by atoms with Crippen molar-refractivity contribution in [2.45, 2.75) is 90.9 Å². The monoisotopic (exact) mass is 556 g/mol. The number of ether oxygens (including phenoxy) is 4. The summed E-state index contributed by atoms with van der Waals surface area (Å²) < 4.78 is 22.9. The summed E-state index contributed by atoms with van der Waals surface area (Å²) in [7, 11) is 0. The molecule has 0 radical (unpaired) electrons. The lowest BCUT2D eigenvalue weighted by atomic mass is 10.0. The maximum Gasteiger partial charge on any atom is 0.410 e. The van der Waals surface area contributed by atoms with Crippen molar-refractivity contribution in [1.29, 1.82) is 0 Å². The number of rotatable bonds is 15. The minimum atomic E-state index is -0.619. The molecular formula is C32H48N2O6. The number of benzene rings is 2. The normalized spacial score (nSPS) is 15.2. The summed E-state index contributed by atoms with van der Waals surface area (Å²) in [5.74, 6) is 0.198. The maximum atomic E-state index is 12.7. The number of carbonyl (C=O) groups is 1. The number of unbranched alkanes of at least 4 members (excludes halogenated alkanes) is 3. The topological polar surface area (TPSA) is 89.5 Å². The van der Waals surface area contributed by atoms with Crippen LogP contribution >= 0.6 is 0 Å². The highest BCUT2D eigenvalue weighted by Crippen LogP contribution is 2.32. The molecule has 0 bridgehead atoms. The average molecular weight is 557 g/mol. The Balaban J connectivity index is 1.24. The van der Waals surface area contributed by atoms with E-state index in [2.05, 4.69) is 5.32 Å². The summed E-state index contributed by atoms with van der Waals surface area (Å²) in [5, 5.41) is 13.9. The number of aliphatic hydroxyl groups excluding tert-OH is 1. The average Bonchev–Trinajstić information content (AvgIpc) is 2.89. The molecule has 1 aliphatic rings. The number of hydrogen-bond acceptors (Lipinski definition) is 7. The van der Waals surface area contributed by atoms with Crippen LogP contribution in [0.1, 0.15) is 83.1 Å². The van der Waals surface area contributed by atoms with Crippen LogP contribution in [0.4, 0.5) is 4.79 Å². The lowest BCUT2D eigenvalue weighted by Gasteiger charge is -2.33. The highest BCUT2D eigenvalue weighted by Gasteiger charge is 2.27. The molecule has 0 fully saturated rings. The zero-order chi connectivity index (χ0) is 29.0. The highest BCUT2D eigenvalue weighted by atomic mass is 16.7. The molecule has 2 N–H and O–H groups in total. The predicted molar refractivity (Wildman–Crippen MR) is 156 cm³/mol. The zero-order valence-electron chi connectivity index (χ0n) is 24.9. The van der Waals surface area contributed by atoms with E-state index in [0.717, 1.165) is 54.7 Å². The second kappa shape index (κ2) is 15.4. The molecule has 2 aromatic carbocycles. The van der Waals surface area contributed by atoms with Crippen LogP contribution in [-0.4, -0.2) is 60.3 Å². The van der Waals surface area contributed by atoms with Gasteiger partial charge in [-0.15, -0.1) is 0 Å². The fraction of sp³-hybridized carbons (Fsp3) is 0.594. The number of amides is 1. The van der Waals surface area contributed by atoms with Crippen LogP contribution in [0.15, 0.2) is 48.5 Å². The van der Waals surface area contributed by atoms with Gasteiger partial charge in [0.1, 0.15) is 11.4 Å². The van der Waals surface area contributed by atoms with E-state index < -0.39 is 17.5 Å². The fourth-order valence-corrected chi connectivity index (χ4v) is 4.37. The summed E-state index contributed by atoms with van der Waals surface area (Å²) in [6.07, 6.45) is 3.28. The van der Waals surface area contributed by atoms with Crippen LogP contribution in [0.2, 0.25) is 0 Å². The lowest BCUT2D eigenvalue weighted by molar-refractivity contribution is -0.180. The zero-order valence-corrected chi connectivity index (χ0v) is 24.9. The molecule has 1 atom stereocenters. The Morgan fingerprint density at radius 3 is 2.58 bits per heavy atom. The molecule has 8 heteroatoms. The van der Waals surface area contributed by atoms with E-state index in [1.807, 2.05) is 83.1 Å². The molecule has 0 saturated carbocycles. The van der Waals surface area contributed by atoms with Crippen LogP contribution in [0.3, 0.4) is 0 Å². The van der Waals surface area contributed by atoms with E-state index in [-0.39, 0.29) is 6.09 Å². The first-order chi connectivity index (χ1) is 19.0. The number of carbonyl (C=O) groups excluding carboxylic acids is 1. The van der Waals surface area contributed by atoms with Gasteiger partial charge in [0.25, 0.3) is 0 Å². The quantitative estimate of drug-likeness (QED) is 0.261. The molecule has 1 heterocycles. The molecule has 1 amide bonds. The van der Waals surface area contributed by atoms with Gasteiger partial charge in [0.2, 0.25) is 5.79 Å². The van der Waals surface area contributed by atoms with E-state index in [1.165, 1.54) is 0 Å². The van der Waals surface area contributed by atoms with E-state index in [1.54, 1.807) is 4.90 Å². The van der Waals surface area contributed by atoms with Gasteiger partial charge in [-0.05, 0) is 63.4 Å². The first-order valence-corrected chi connectivity index (χ1v) is 14.5. The van der Waals surface area contributed by atoms with E-state index in [0.29, 0.717) is 39.5 Å². The predicted octanol–water partition coefficient (Wildman–Crippen LogP) is 5.97. The Bertz CT molecular complexity index is 1040. The number of nitrogens with one attached hydrogen (secondary N) is 1. The third-order valence-electron chi connectivity index (χ3n) is 6.50. The second-order valence-electron chi connectivity index (χ2n) is 11.8. The van der Waals surface area contributed by atoms with Gasteiger partial charge in [-0.1, -0.05) is 49.2 Å². The Hall–Kier alpha value is -2.65. The Morgan fingerprint density at radius 1 is 1.07 bits per heavy atom. The van der Waals surface area contributed by atoms with Crippen molar-refractivity contribution in [3.8, 4) is 5.75 Å². The van der Waals surface area contributed by atoms with Crippen molar-refractivity contribution in [3.05, 3.63) is 65.2 Å². The van der Waals surface area contributed by atoms with E-state index in [4.69, 9.17) is 18.9 Å². The number of hydrogen-bond donors (Lipinski definition) is 2. The van der Waals surface area contributed by atoms with Crippen molar-refractivity contribution in [2.24, 2.45) is 0 Å². The second-order valence-corrected chi connectivity index (χ2v) is 11.8.